The lowest BCUT2D eigenvalue weighted by molar-refractivity contribution is -0.113. The summed E-state index contributed by atoms with van der Waals surface area (Å²) in [6, 6.07) is 9.50. The normalized spacial score (nSPS) is 14.8. The number of nitrogens with one attached hydrogen (secondary N) is 1. The molecule has 2 aromatic rings. The SMILES string of the molecule is CC(C)OC(=O)c1ccc(NC(=O)CSc2ccc(S(=O)(=O)N3CCOCC3)cn2)cc1. The minimum atomic E-state index is -3.60. The minimum Gasteiger partial charge on any atom is -0.459 e. The van der Waals surface area contributed by atoms with E-state index < -0.39 is 16.0 Å². The van der Waals surface area contributed by atoms with Gasteiger partial charge in [0.1, 0.15) is 4.90 Å². The Labute approximate surface area is 191 Å². The third-order valence-corrected chi connectivity index (χ3v) is 7.24. The van der Waals surface area contributed by atoms with E-state index in [1.54, 1.807) is 44.2 Å². The monoisotopic (exact) mass is 479 g/mol. The minimum absolute atomic E-state index is 0.0969. The van der Waals surface area contributed by atoms with Crippen molar-refractivity contribution in [1.29, 1.82) is 0 Å². The standard InChI is InChI=1S/C21H25N3O6S2/c1-15(2)30-21(26)16-3-5-17(6-4-16)23-19(25)14-31-20-8-7-18(13-22-20)32(27,28)24-9-11-29-12-10-24/h3-8,13,15H,9-12,14H2,1-2H3,(H,23,25). The summed E-state index contributed by atoms with van der Waals surface area (Å²) in [5.74, 6) is -0.572. The van der Waals surface area contributed by atoms with Crippen molar-refractivity contribution in [3.63, 3.8) is 0 Å². The molecule has 9 nitrogen and oxygen atoms in total. The molecular weight excluding hydrogens is 454 g/mol. The number of benzene rings is 1. The van der Waals surface area contributed by atoms with Crippen LogP contribution in [0.25, 0.3) is 0 Å². The molecule has 172 valence electrons. The predicted molar refractivity (Wildman–Crippen MR) is 120 cm³/mol. The second-order valence-electron chi connectivity index (χ2n) is 7.22. The number of sulfonamides is 1. The quantitative estimate of drug-likeness (QED) is 0.453. The van der Waals surface area contributed by atoms with Crippen LogP contribution in [0.15, 0.2) is 52.5 Å². The van der Waals surface area contributed by atoms with Gasteiger partial charge in [-0.05, 0) is 50.2 Å². The summed E-state index contributed by atoms with van der Waals surface area (Å²) in [7, 11) is -3.60. The largest absolute Gasteiger partial charge is 0.459 e. The zero-order valence-electron chi connectivity index (χ0n) is 17.8. The van der Waals surface area contributed by atoms with E-state index in [-0.39, 0.29) is 22.7 Å². The zero-order valence-corrected chi connectivity index (χ0v) is 19.4. The molecule has 3 rings (SSSR count). The van der Waals surface area contributed by atoms with Gasteiger partial charge < -0.3 is 14.8 Å². The van der Waals surface area contributed by atoms with E-state index in [1.807, 2.05) is 0 Å². The van der Waals surface area contributed by atoms with Crippen LogP contribution in [0.5, 0.6) is 0 Å². The Hall–Kier alpha value is -2.47. The predicted octanol–water partition coefficient (Wildman–Crippen LogP) is 2.40. The van der Waals surface area contributed by atoms with E-state index >= 15 is 0 Å². The van der Waals surface area contributed by atoms with Gasteiger partial charge in [-0.2, -0.15) is 4.31 Å². The van der Waals surface area contributed by atoms with Crippen molar-refractivity contribution in [2.24, 2.45) is 0 Å². The van der Waals surface area contributed by atoms with Gasteiger partial charge in [0.15, 0.2) is 0 Å². The van der Waals surface area contributed by atoms with Crippen LogP contribution in [0.1, 0.15) is 24.2 Å². The molecule has 1 aromatic heterocycles. The molecule has 1 fully saturated rings. The van der Waals surface area contributed by atoms with Crippen molar-refractivity contribution in [2.75, 3.05) is 37.4 Å². The van der Waals surface area contributed by atoms with Gasteiger partial charge in [0.05, 0.1) is 35.7 Å². The second kappa shape index (κ2) is 10.9. The van der Waals surface area contributed by atoms with Crippen LogP contribution >= 0.6 is 11.8 Å². The number of hydrogen-bond acceptors (Lipinski definition) is 8. The van der Waals surface area contributed by atoms with Gasteiger partial charge in [0.2, 0.25) is 15.9 Å². The topological polar surface area (TPSA) is 115 Å². The molecule has 0 bridgehead atoms. The molecule has 1 N–H and O–H groups in total. The molecule has 1 aromatic carbocycles. The Morgan fingerprint density at radius 1 is 1.16 bits per heavy atom. The Bertz CT molecular complexity index is 1030. The van der Waals surface area contributed by atoms with Crippen molar-refractivity contribution in [1.82, 2.24) is 9.29 Å². The van der Waals surface area contributed by atoms with Crippen molar-refractivity contribution in [3.8, 4) is 0 Å². The highest BCUT2D eigenvalue weighted by Gasteiger charge is 2.26. The number of carbonyl (C=O) groups is 2. The average Bonchev–Trinajstić information content (AvgIpc) is 2.78. The van der Waals surface area contributed by atoms with E-state index in [2.05, 4.69) is 10.3 Å². The molecule has 0 atom stereocenters. The van der Waals surface area contributed by atoms with Crippen molar-refractivity contribution >= 4 is 39.3 Å². The number of rotatable bonds is 8. The Kier molecular flexibility index (Phi) is 8.24. The molecular formula is C21H25N3O6S2. The third kappa shape index (κ3) is 6.52. The van der Waals surface area contributed by atoms with Crippen LogP contribution < -0.4 is 5.32 Å². The number of aromatic nitrogens is 1. The van der Waals surface area contributed by atoms with Gasteiger partial charge in [0, 0.05) is 25.0 Å². The van der Waals surface area contributed by atoms with E-state index in [4.69, 9.17) is 9.47 Å². The third-order valence-electron chi connectivity index (χ3n) is 4.42. The Morgan fingerprint density at radius 3 is 2.44 bits per heavy atom. The number of thioether (sulfide) groups is 1. The number of carbonyl (C=O) groups excluding carboxylic acids is 2. The summed E-state index contributed by atoms with van der Waals surface area (Å²) in [5, 5.41) is 3.28. The molecule has 0 saturated carbocycles. The van der Waals surface area contributed by atoms with E-state index in [0.29, 0.717) is 42.6 Å². The average molecular weight is 480 g/mol. The molecule has 32 heavy (non-hydrogen) atoms. The van der Waals surface area contributed by atoms with Crippen LogP contribution in [0.3, 0.4) is 0 Å². The number of morpholine rings is 1. The maximum atomic E-state index is 12.6. The fourth-order valence-corrected chi connectivity index (χ4v) is 4.85. The lowest BCUT2D eigenvalue weighted by Crippen LogP contribution is -2.40. The smallest absolute Gasteiger partial charge is 0.338 e. The summed E-state index contributed by atoms with van der Waals surface area (Å²) in [5.41, 5.74) is 0.957. The highest BCUT2D eigenvalue weighted by atomic mass is 32.2. The second-order valence-corrected chi connectivity index (χ2v) is 10.2. The number of nitrogens with zero attached hydrogens (tertiary/aromatic N) is 2. The van der Waals surface area contributed by atoms with E-state index in [1.165, 1.54) is 28.3 Å². The molecule has 0 unspecified atom stereocenters. The van der Waals surface area contributed by atoms with Gasteiger partial charge in [-0.25, -0.2) is 18.2 Å². The first-order valence-electron chi connectivity index (χ1n) is 10.0. The first-order chi connectivity index (χ1) is 15.3. The molecule has 0 spiro atoms. The maximum absolute atomic E-state index is 12.6. The van der Waals surface area contributed by atoms with Gasteiger partial charge in [-0.15, -0.1) is 0 Å². The molecule has 1 amide bonds. The first-order valence-corrected chi connectivity index (χ1v) is 12.5. The number of pyridine rings is 1. The lowest BCUT2D eigenvalue weighted by atomic mass is 10.2. The molecule has 0 radical (unpaired) electrons. The lowest BCUT2D eigenvalue weighted by Gasteiger charge is -2.25. The number of ether oxygens (including phenoxy) is 2. The Morgan fingerprint density at radius 2 is 1.84 bits per heavy atom. The summed E-state index contributed by atoms with van der Waals surface area (Å²) in [4.78, 5) is 28.4. The number of esters is 1. The van der Waals surface area contributed by atoms with Gasteiger partial charge in [-0.1, -0.05) is 11.8 Å². The fourth-order valence-electron chi connectivity index (χ4n) is 2.85. The van der Waals surface area contributed by atoms with Gasteiger partial charge >= 0.3 is 5.97 Å². The van der Waals surface area contributed by atoms with E-state index in [9.17, 15) is 18.0 Å². The van der Waals surface area contributed by atoms with Crippen LogP contribution in [-0.4, -0.2) is 67.7 Å². The molecule has 0 aliphatic carbocycles. The maximum Gasteiger partial charge on any atom is 0.338 e. The van der Waals surface area contributed by atoms with Crippen LogP contribution in [0, 0.1) is 0 Å². The summed E-state index contributed by atoms with van der Waals surface area (Å²) in [6.07, 6.45) is 1.10. The summed E-state index contributed by atoms with van der Waals surface area (Å²) < 4.78 is 36.9. The van der Waals surface area contributed by atoms with Crippen molar-refractivity contribution in [2.45, 2.75) is 29.9 Å². The zero-order chi connectivity index (χ0) is 23.1. The van der Waals surface area contributed by atoms with Crippen molar-refractivity contribution in [3.05, 3.63) is 48.2 Å². The van der Waals surface area contributed by atoms with Crippen LogP contribution in [0.4, 0.5) is 5.69 Å². The highest BCUT2D eigenvalue weighted by molar-refractivity contribution is 7.99. The van der Waals surface area contributed by atoms with Crippen LogP contribution in [-0.2, 0) is 24.3 Å². The molecule has 1 aliphatic heterocycles. The first kappa shape index (κ1) is 24.2. The Balaban J connectivity index is 1.51. The summed E-state index contributed by atoms with van der Waals surface area (Å²) in [6.45, 7) is 4.93. The fraction of sp³-hybridized carbons (Fsp3) is 0.381. The molecule has 1 aliphatic rings. The molecule has 2 heterocycles. The number of amides is 1. The highest BCUT2D eigenvalue weighted by Crippen LogP contribution is 2.21. The van der Waals surface area contributed by atoms with Gasteiger partial charge in [-0.3, -0.25) is 4.79 Å². The summed E-state index contributed by atoms with van der Waals surface area (Å²) >= 11 is 1.19. The van der Waals surface area contributed by atoms with Crippen molar-refractivity contribution < 1.29 is 27.5 Å². The number of hydrogen-bond donors (Lipinski definition) is 1. The van der Waals surface area contributed by atoms with E-state index in [0.717, 1.165) is 0 Å². The molecule has 11 heteroatoms. The van der Waals surface area contributed by atoms with Gasteiger partial charge in [0.25, 0.3) is 0 Å². The molecule has 1 saturated heterocycles. The number of anilines is 1. The van der Waals surface area contributed by atoms with Crippen LogP contribution in [0.2, 0.25) is 0 Å².